The second-order valence-electron chi connectivity index (χ2n) is 7.28. The molecule has 0 aliphatic carbocycles. The molecule has 0 bridgehead atoms. The first-order valence-corrected chi connectivity index (χ1v) is 11.7. The Balaban J connectivity index is 1.53. The van der Waals surface area contributed by atoms with E-state index in [0.29, 0.717) is 48.9 Å². The van der Waals surface area contributed by atoms with Crippen LogP contribution in [0.3, 0.4) is 0 Å². The zero-order valence-electron chi connectivity index (χ0n) is 17.0. The largest absolute Gasteiger partial charge is 0.489 e. The molecule has 1 fully saturated rings. The van der Waals surface area contributed by atoms with Crippen LogP contribution in [0.5, 0.6) is 5.75 Å². The second-order valence-corrected chi connectivity index (χ2v) is 9.22. The summed E-state index contributed by atoms with van der Waals surface area (Å²) in [6.45, 7) is 5.19. The highest BCUT2D eigenvalue weighted by molar-refractivity contribution is 7.89. The molecule has 1 aliphatic heterocycles. The van der Waals surface area contributed by atoms with Gasteiger partial charge in [-0.05, 0) is 49.1 Å². The molecule has 0 spiro atoms. The van der Waals surface area contributed by atoms with Gasteiger partial charge in [-0.25, -0.2) is 8.42 Å². The Hall–Kier alpha value is -2.64. The van der Waals surface area contributed by atoms with Crippen LogP contribution in [-0.4, -0.2) is 38.3 Å². The number of anilines is 1. The van der Waals surface area contributed by atoms with E-state index < -0.39 is 10.0 Å². The Morgan fingerprint density at radius 2 is 1.83 bits per heavy atom. The van der Waals surface area contributed by atoms with E-state index in [-0.39, 0.29) is 5.91 Å². The molecule has 6 nitrogen and oxygen atoms in total. The maximum absolute atomic E-state index is 12.7. The van der Waals surface area contributed by atoms with Crippen molar-refractivity contribution in [3.05, 3.63) is 66.7 Å². The molecule has 160 valence electrons. The molecule has 1 heterocycles. The molecule has 1 N–H and O–H groups in total. The standard InChI is InChI=1S/C23H28N2O4S/c1-2-17-29-21-8-6-7-20(18-21)24-23(26)14-11-19-9-12-22(13-10-19)30(27,28)25-15-4-3-5-16-25/h2,6-10,12-13,18H,1,3-5,11,14-17H2,(H,24,26). The minimum atomic E-state index is -3.43. The average molecular weight is 429 g/mol. The summed E-state index contributed by atoms with van der Waals surface area (Å²) >= 11 is 0. The first-order chi connectivity index (χ1) is 14.5. The van der Waals surface area contributed by atoms with Crippen LogP contribution in [0, 0.1) is 0 Å². The number of carbonyl (C=O) groups excluding carboxylic acids is 1. The summed E-state index contributed by atoms with van der Waals surface area (Å²) in [6, 6.07) is 14.0. The van der Waals surface area contributed by atoms with E-state index in [1.165, 1.54) is 0 Å². The molecule has 3 rings (SSSR count). The van der Waals surface area contributed by atoms with Crippen molar-refractivity contribution >= 4 is 21.6 Å². The zero-order chi connectivity index (χ0) is 21.4. The van der Waals surface area contributed by atoms with Gasteiger partial charge in [0.25, 0.3) is 0 Å². The van der Waals surface area contributed by atoms with Crippen LogP contribution in [0.1, 0.15) is 31.2 Å². The SMILES string of the molecule is C=CCOc1cccc(NC(=O)CCc2ccc(S(=O)(=O)N3CCCCC3)cc2)c1. The van der Waals surface area contributed by atoms with Crippen molar-refractivity contribution in [1.82, 2.24) is 4.31 Å². The van der Waals surface area contributed by atoms with Crippen LogP contribution >= 0.6 is 0 Å². The fraction of sp³-hybridized carbons (Fsp3) is 0.348. The van der Waals surface area contributed by atoms with Gasteiger partial charge in [-0.3, -0.25) is 4.79 Å². The number of hydrogen-bond donors (Lipinski definition) is 1. The van der Waals surface area contributed by atoms with Crippen molar-refractivity contribution in [2.24, 2.45) is 0 Å². The molecule has 7 heteroatoms. The van der Waals surface area contributed by atoms with Gasteiger partial charge in [0.1, 0.15) is 12.4 Å². The summed E-state index contributed by atoms with van der Waals surface area (Å²) in [6.07, 6.45) is 5.40. The maximum Gasteiger partial charge on any atom is 0.243 e. The predicted octanol–water partition coefficient (Wildman–Crippen LogP) is 4.00. The molecule has 1 amide bonds. The minimum Gasteiger partial charge on any atom is -0.489 e. The van der Waals surface area contributed by atoms with Crippen molar-refractivity contribution in [1.29, 1.82) is 0 Å². The number of ether oxygens (including phenoxy) is 1. The van der Waals surface area contributed by atoms with Crippen molar-refractivity contribution < 1.29 is 17.9 Å². The third kappa shape index (κ3) is 5.93. The lowest BCUT2D eigenvalue weighted by Gasteiger charge is -2.25. The van der Waals surface area contributed by atoms with E-state index in [1.54, 1.807) is 46.8 Å². The van der Waals surface area contributed by atoms with Gasteiger partial charge in [0.05, 0.1) is 4.90 Å². The minimum absolute atomic E-state index is 0.110. The number of carbonyl (C=O) groups is 1. The van der Waals surface area contributed by atoms with Crippen molar-refractivity contribution in [2.45, 2.75) is 37.0 Å². The van der Waals surface area contributed by atoms with Gasteiger partial charge in [-0.15, -0.1) is 0 Å². The van der Waals surface area contributed by atoms with Gasteiger partial charge in [-0.1, -0.05) is 37.3 Å². The number of aryl methyl sites for hydroxylation is 1. The van der Waals surface area contributed by atoms with Crippen LogP contribution < -0.4 is 10.1 Å². The predicted molar refractivity (Wildman–Crippen MR) is 118 cm³/mol. The first kappa shape index (κ1) is 22.1. The molecule has 0 aromatic heterocycles. The van der Waals surface area contributed by atoms with Crippen LogP contribution in [0.4, 0.5) is 5.69 Å². The summed E-state index contributed by atoms with van der Waals surface area (Å²) in [5.74, 6) is 0.555. The molecule has 0 atom stereocenters. The lowest BCUT2D eigenvalue weighted by atomic mass is 10.1. The topological polar surface area (TPSA) is 75.7 Å². The highest BCUT2D eigenvalue weighted by atomic mass is 32.2. The van der Waals surface area contributed by atoms with Gasteiger partial charge in [0.2, 0.25) is 15.9 Å². The molecule has 0 unspecified atom stereocenters. The van der Waals surface area contributed by atoms with E-state index in [2.05, 4.69) is 11.9 Å². The molecule has 0 saturated carbocycles. The second kappa shape index (κ2) is 10.4. The maximum atomic E-state index is 12.7. The summed E-state index contributed by atoms with van der Waals surface area (Å²) < 4.78 is 32.4. The van der Waals surface area contributed by atoms with E-state index in [1.807, 2.05) is 12.1 Å². The highest BCUT2D eigenvalue weighted by Crippen LogP contribution is 2.21. The number of benzene rings is 2. The van der Waals surface area contributed by atoms with Crippen LogP contribution in [0.15, 0.2) is 66.1 Å². The zero-order valence-corrected chi connectivity index (χ0v) is 17.9. The Morgan fingerprint density at radius 1 is 1.10 bits per heavy atom. The van der Waals surface area contributed by atoms with Gasteiger partial charge < -0.3 is 10.1 Å². The molecular formula is C23H28N2O4S. The molecule has 1 saturated heterocycles. The van der Waals surface area contributed by atoms with Crippen molar-refractivity contribution in [3.63, 3.8) is 0 Å². The Labute approximate surface area is 178 Å². The number of nitrogens with zero attached hydrogens (tertiary/aromatic N) is 1. The Kier molecular flexibility index (Phi) is 7.65. The van der Waals surface area contributed by atoms with E-state index in [4.69, 9.17) is 4.74 Å². The van der Waals surface area contributed by atoms with Gasteiger partial charge in [0.15, 0.2) is 0 Å². The van der Waals surface area contributed by atoms with Gasteiger partial charge >= 0.3 is 0 Å². The summed E-state index contributed by atoms with van der Waals surface area (Å²) in [5, 5.41) is 2.86. The monoisotopic (exact) mass is 428 g/mol. The molecule has 2 aromatic carbocycles. The Morgan fingerprint density at radius 3 is 2.53 bits per heavy atom. The average Bonchev–Trinajstić information content (AvgIpc) is 2.77. The van der Waals surface area contributed by atoms with E-state index >= 15 is 0 Å². The number of piperidine rings is 1. The fourth-order valence-electron chi connectivity index (χ4n) is 3.38. The third-order valence-corrected chi connectivity index (χ3v) is 6.92. The smallest absolute Gasteiger partial charge is 0.243 e. The highest BCUT2D eigenvalue weighted by Gasteiger charge is 2.25. The third-order valence-electron chi connectivity index (χ3n) is 5.00. The van der Waals surface area contributed by atoms with Crippen LogP contribution in [0.25, 0.3) is 0 Å². The Bertz CT molecular complexity index is 965. The van der Waals surface area contributed by atoms with Crippen LogP contribution in [-0.2, 0) is 21.2 Å². The summed E-state index contributed by atoms with van der Waals surface area (Å²) in [5.41, 5.74) is 1.59. The van der Waals surface area contributed by atoms with Crippen LogP contribution in [0.2, 0.25) is 0 Å². The summed E-state index contributed by atoms with van der Waals surface area (Å²) in [7, 11) is -3.43. The fourth-order valence-corrected chi connectivity index (χ4v) is 4.90. The van der Waals surface area contributed by atoms with E-state index in [0.717, 1.165) is 24.8 Å². The number of rotatable bonds is 9. The quantitative estimate of drug-likeness (QED) is 0.613. The first-order valence-electron chi connectivity index (χ1n) is 10.2. The molecular weight excluding hydrogens is 400 g/mol. The number of nitrogens with one attached hydrogen (secondary N) is 1. The number of sulfonamides is 1. The van der Waals surface area contributed by atoms with E-state index in [9.17, 15) is 13.2 Å². The normalized spacial score (nSPS) is 14.8. The van der Waals surface area contributed by atoms with Gasteiger partial charge in [-0.2, -0.15) is 4.31 Å². The van der Waals surface area contributed by atoms with Crippen molar-refractivity contribution in [3.8, 4) is 5.75 Å². The number of hydrogen-bond acceptors (Lipinski definition) is 4. The van der Waals surface area contributed by atoms with Gasteiger partial charge in [0, 0.05) is 31.3 Å². The summed E-state index contributed by atoms with van der Waals surface area (Å²) in [4.78, 5) is 12.6. The molecule has 30 heavy (non-hydrogen) atoms. The number of amides is 1. The molecule has 1 aliphatic rings. The lowest BCUT2D eigenvalue weighted by molar-refractivity contribution is -0.116. The molecule has 2 aromatic rings. The molecule has 0 radical (unpaired) electrons. The lowest BCUT2D eigenvalue weighted by Crippen LogP contribution is -2.35. The van der Waals surface area contributed by atoms with Crippen molar-refractivity contribution in [2.75, 3.05) is 25.0 Å².